The fourth-order valence-corrected chi connectivity index (χ4v) is 10.6. The molecule has 0 bridgehead atoms. The van der Waals surface area contributed by atoms with Crippen LogP contribution in [0.15, 0.2) is 154 Å². The van der Waals surface area contributed by atoms with Crippen LogP contribution < -0.4 is 5.32 Å². The lowest BCUT2D eigenvalue weighted by Crippen LogP contribution is -2.39. The van der Waals surface area contributed by atoms with Crippen molar-refractivity contribution in [2.24, 2.45) is 4.99 Å². The molecule has 0 saturated heterocycles. The Balaban J connectivity index is 1.14. The number of aliphatic imine (C=N–C) groups is 1. The van der Waals surface area contributed by atoms with E-state index in [1.165, 1.54) is 47.0 Å². The number of hydrogen-bond acceptors (Lipinski definition) is 5. The quantitative estimate of drug-likeness (QED) is 0.188. The Hall–Kier alpha value is -5.82. The van der Waals surface area contributed by atoms with Crippen molar-refractivity contribution in [3.63, 3.8) is 0 Å². The Morgan fingerprint density at radius 1 is 0.600 bits per heavy atom. The molecule has 2 aliphatic heterocycles. The number of rotatable bonds is 1. The first-order valence-electron chi connectivity index (χ1n) is 16.8. The third kappa shape index (κ3) is 3.64. The molecule has 6 heteroatoms. The van der Waals surface area contributed by atoms with Gasteiger partial charge in [0.15, 0.2) is 0 Å². The number of nitrogens with one attached hydrogen (secondary N) is 1. The average Bonchev–Trinajstić information content (AvgIpc) is 3.92. The minimum atomic E-state index is 0.0201. The maximum Gasteiger partial charge on any atom is 0.209 e. The molecule has 3 aromatic heterocycles. The van der Waals surface area contributed by atoms with E-state index in [0.29, 0.717) is 0 Å². The number of fused-ring (bicyclic) bond motifs is 14. The third-order valence-corrected chi connectivity index (χ3v) is 12.8. The highest BCUT2D eigenvalue weighted by Crippen LogP contribution is 2.50. The molecule has 12 rings (SSSR count). The van der Waals surface area contributed by atoms with Gasteiger partial charge in [0.05, 0.1) is 16.7 Å². The zero-order valence-corrected chi connectivity index (χ0v) is 28.1. The molecule has 1 N–H and O–H groups in total. The van der Waals surface area contributed by atoms with Crippen LogP contribution in [0, 0.1) is 0 Å². The van der Waals surface area contributed by atoms with Gasteiger partial charge in [0.2, 0.25) is 5.96 Å². The Labute approximate surface area is 293 Å². The Bertz CT molecular complexity index is 3180. The van der Waals surface area contributed by atoms with Gasteiger partial charge >= 0.3 is 0 Å². The molecule has 234 valence electrons. The van der Waals surface area contributed by atoms with Gasteiger partial charge in [-0.1, -0.05) is 103 Å². The van der Waals surface area contributed by atoms with Crippen molar-refractivity contribution < 1.29 is 4.42 Å². The molecule has 5 heterocycles. The highest BCUT2D eigenvalue weighted by Gasteiger charge is 2.36. The monoisotopic (exact) mass is 675 g/mol. The number of thiophene rings is 1. The molecule has 0 amide bonds. The van der Waals surface area contributed by atoms with Gasteiger partial charge in [0.1, 0.15) is 16.5 Å². The summed E-state index contributed by atoms with van der Waals surface area (Å²) in [6.07, 6.45) is 0. The zero-order valence-electron chi connectivity index (χ0n) is 26.5. The van der Waals surface area contributed by atoms with Gasteiger partial charge in [-0.3, -0.25) is 4.57 Å². The SMILES string of the molecule is c1ccc2c(c1)SC1NC(n3c4ccccc4c4cc5ccc6c7ccccc7oc6c5cc43)=NC(c3ccc4c(c3)sc3ccccc34)=C21. The van der Waals surface area contributed by atoms with Crippen LogP contribution in [-0.2, 0) is 0 Å². The number of aromatic nitrogens is 1. The van der Waals surface area contributed by atoms with Crippen molar-refractivity contribution >= 4 is 115 Å². The first kappa shape index (κ1) is 27.1. The minimum absolute atomic E-state index is 0.0201. The Kier molecular flexibility index (Phi) is 5.35. The van der Waals surface area contributed by atoms with Crippen molar-refractivity contribution in [3.05, 3.63) is 151 Å². The van der Waals surface area contributed by atoms with E-state index in [-0.39, 0.29) is 5.37 Å². The van der Waals surface area contributed by atoms with Gasteiger partial charge in [-0.05, 0) is 59.5 Å². The van der Waals surface area contributed by atoms with E-state index in [4.69, 9.17) is 9.41 Å². The maximum absolute atomic E-state index is 6.53. The first-order chi connectivity index (χ1) is 24.8. The van der Waals surface area contributed by atoms with Crippen molar-refractivity contribution in [1.82, 2.24) is 9.88 Å². The Morgan fingerprint density at radius 3 is 2.34 bits per heavy atom. The van der Waals surface area contributed by atoms with E-state index in [2.05, 4.69) is 143 Å². The van der Waals surface area contributed by atoms with Gasteiger partial charge < -0.3 is 9.73 Å². The highest BCUT2D eigenvalue weighted by molar-refractivity contribution is 8.00. The lowest BCUT2D eigenvalue weighted by Gasteiger charge is -2.26. The zero-order chi connectivity index (χ0) is 32.5. The van der Waals surface area contributed by atoms with Crippen LogP contribution in [0.1, 0.15) is 11.1 Å². The molecule has 0 aliphatic carbocycles. The van der Waals surface area contributed by atoms with Gasteiger partial charge in [-0.25, -0.2) is 4.99 Å². The molecular formula is C44H25N3OS2. The van der Waals surface area contributed by atoms with Crippen molar-refractivity contribution in [2.45, 2.75) is 10.3 Å². The maximum atomic E-state index is 6.53. The van der Waals surface area contributed by atoms with E-state index >= 15 is 0 Å². The van der Waals surface area contributed by atoms with Gasteiger partial charge in [-0.2, -0.15) is 0 Å². The van der Waals surface area contributed by atoms with Crippen LogP contribution in [0.25, 0.3) is 86.0 Å². The molecule has 2 aliphatic rings. The summed E-state index contributed by atoms with van der Waals surface area (Å²) in [5.41, 5.74) is 8.69. The second kappa shape index (κ2) is 9.88. The standard InChI is InChI=1S/C44H25N3OS2/c1-5-13-34-26(9-1)33-21-24-17-20-30-27-10-2-6-14-36(27)48-42(30)32(24)23-35(33)47(34)44-45-41(40-31-12-4-8-16-38(31)50-43(40)46-44)25-18-19-29-28-11-3-7-15-37(28)49-39(29)22-25/h1-23,43H,(H,45,46). The van der Waals surface area contributed by atoms with Crippen LogP contribution in [-0.4, -0.2) is 15.9 Å². The summed E-state index contributed by atoms with van der Waals surface area (Å²) in [5, 5.41) is 13.5. The van der Waals surface area contributed by atoms with Gasteiger partial charge in [0, 0.05) is 63.1 Å². The van der Waals surface area contributed by atoms with Crippen molar-refractivity contribution in [2.75, 3.05) is 0 Å². The first-order valence-corrected chi connectivity index (χ1v) is 18.5. The average molecular weight is 676 g/mol. The number of para-hydroxylation sites is 2. The summed E-state index contributed by atoms with van der Waals surface area (Å²) in [6, 6.07) is 50.3. The molecular weight excluding hydrogens is 651 g/mol. The number of hydrogen-bond donors (Lipinski definition) is 1. The molecule has 0 radical (unpaired) electrons. The van der Waals surface area contributed by atoms with Gasteiger partial charge in [0.25, 0.3) is 0 Å². The predicted octanol–water partition coefficient (Wildman–Crippen LogP) is 12.0. The van der Waals surface area contributed by atoms with E-state index < -0.39 is 0 Å². The van der Waals surface area contributed by atoms with Crippen LogP contribution in [0.3, 0.4) is 0 Å². The molecule has 50 heavy (non-hydrogen) atoms. The van der Waals surface area contributed by atoms with Gasteiger partial charge in [-0.15, -0.1) is 11.3 Å². The number of nitrogens with zero attached hydrogens (tertiary/aromatic N) is 2. The van der Waals surface area contributed by atoms with E-state index in [1.54, 1.807) is 0 Å². The second-order valence-corrected chi connectivity index (χ2v) is 15.4. The smallest absolute Gasteiger partial charge is 0.209 e. The van der Waals surface area contributed by atoms with Crippen LogP contribution in [0.4, 0.5) is 0 Å². The van der Waals surface area contributed by atoms with Crippen molar-refractivity contribution in [3.8, 4) is 0 Å². The lowest BCUT2D eigenvalue weighted by molar-refractivity contribution is 0.672. The fraction of sp³-hybridized carbons (Fsp3) is 0.0227. The van der Waals surface area contributed by atoms with Crippen molar-refractivity contribution in [1.29, 1.82) is 0 Å². The summed E-state index contributed by atoms with van der Waals surface area (Å²) in [4.78, 5) is 6.87. The molecule has 7 aromatic carbocycles. The fourth-order valence-electron chi connectivity index (χ4n) is 8.19. The largest absolute Gasteiger partial charge is 0.455 e. The molecule has 4 nitrogen and oxygen atoms in total. The molecule has 10 aromatic rings. The summed E-state index contributed by atoms with van der Waals surface area (Å²) in [5.74, 6) is 0.827. The summed E-state index contributed by atoms with van der Waals surface area (Å²) in [7, 11) is 0. The summed E-state index contributed by atoms with van der Waals surface area (Å²) < 4.78 is 11.4. The predicted molar refractivity (Wildman–Crippen MR) is 212 cm³/mol. The molecule has 0 saturated carbocycles. The molecule has 1 unspecified atom stereocenters. The third-order valence-electron chi connectivity index (χ3n) is 10.4. The summed E-state index contributed by atoms with van der Waals surface area (Å²) in [6.45, 7) is 0. The van der Waals surface area contributed by atoms with Crippen LogP contribution in [0.5, 0.6) is 0 Å². The van der Waals surface area contributed by atoms with Crippen LogP contribution in [0.2, 0.25) is 0 Å². The minimum Gasteiger partial charge on any atom is -0.455 e. The summed E-state index contributed by atoms with van der Waals surface area (Å²) >= 11 is 3.72. The topological polar surface area (TPSA) is 42.5 Å². The van der Waals surface area contributed by atoms with E-state index in [1.807, 2.05) is 29.2 Å². The Morgan fingerprint density at radius 2 is 1.38 bits per heavy atom. The number of furan rings is 1. The van der Waals surface area contributed by atoms with E-state index in [9.17, 15) is 0 Å². The molecule has 0 fully saturated rings. The number of benzene rings is 7. The van der Waals surface area contributed by atoms with Crippen LogP contribution >= 0.6 is 23.1 Å². The van der Waals surface area contributed by atoms with E-state index in [0.717, 1.165) is 61.0 Å². The highest BCUT2D eigenvalue weighted by atomic mass is 32.2. The normalized spacial score (nSPS) is 15.9. The second-order valence-electron chi connectivity index (χ2n) is 13.1. The number of thioether (sulfide) groups is 1. The lowest BCUT2D eigenvalue weighted by atomic mass is 9.98. The molecule has 1 atom stereocenters. The molecule has 0 spiro atoms.